The van der Waals surface area contributed by atoms with E-state index in [1.165, 1.54) is 36.7 Å². The predicted octanol–water partition coefficient (Wildman–Crippen LogP) is 14.0. The Kier molecular flexibility index (Phi) is 7.06. The topological polar surface area (TPSA) is 35.6 Å². The third kappa shape index (κ3) is 4.93. The van der Waals surface area contributed by atoms with Crippen molar-refractivity contribution in [1.29, 1.82) is 0 Å². The summed E-state index contributed by atoms with van der Waals surface area (Å²) in [4.78, 5) is 11.1. The van der Waals surface area contributed by atoms with E-state index in [4.69, 9.17) is 9.97 Å². The van der Waals surface area contributed by atoms with Crippen LogP contribution < -0.4 is 0 Å². The Labute approximate surface area is 332 Å². The summed E-state index contributed by atoms with van der Waals surface area (Å²) in [5.41, 5.74) is 11.9. The van der Waals surface area contributed by atoms with Gasteiger partial charge in [0.05, 0.1) is 27.6 Å². The van der Waals surface area contributed by atoms with E-state index < -0.39 is 0 Å². The van der Waals surface area contributed by atoms with Crippen LogP contribution in [0.15, 0.2) is 194 Å². The monoisotopic (exact) mass is 744 g/mol. The molecule has 0 aliphatic carbocycles. The summed E-state index contributed by atoms with van der Waals surface area (Å²) in [5.74, 6) is 0.692. The first-order chi connectivity index (χ1) is 28.3. The number of benzene rings is 8. The molecule has 4 nitrogen and oxygen atoms in total. The molecule has 8 aromatic carbocycles. The second kappa shape index (κ2) is 12.6. The molecule has 5 heteroatoms. The SMILES string of the molecule is c1ccc(-c2ccc3c(c2)c2cc(-c4nc(-c5cccc6c5sc5ccccc56)c5c6ccccc6n(-c6ccccc6)c5n4)ccc2n3-c2ccccc2)cc1. The lowest BCUT2D eigenvalue weighted by molar-refractivity contribution is 1.11. The largest absolute Gasteiger partial charge is 0.309 e. The molecule has 12 rings (SSSR count). The quantitative estimate of drug-likeness (QED) is 0.176. The molecule has 0 aliphatic heterocycles. The predicted molar refractivity (Wildman–Crippen MR) is 240 cm³/mol. The molecule has 0 spiro atoms. The van der Waals surface area contributed by atoms with Crippen molar-refractivity contribution in [2.45, 2.75) is 0 Å². The number of rotatable bonds is 5. The third-order valence-corrected chi connectivity index (χ3v) is 12.6. The van der Waals surface area contributed by atoms with E-state index >= 15 is 0 Å². The van der Waals surface area contributed by atoms with Crippen molar-refractivity contribution in [3.8, 4) is 45.1 Å². The first-order valence-corrected chi connectivity index (χ1v) is 20.1. The van der Waals surface area contributed by atoms with Gasteiger partial charge in [0.25, 0.3) is 0 Å². The van der Waals surface area contributed by atoms with Crippen LogP contribution in [0.25, 0.3) is 109 Å². The lowest BCUT2D eigenvalue weighted by atomic mass is 10.0. The number of hydrogen-bond acceptors (Lipinski definition) is 3. The summed E-state index contributed by atoms with van der Waals surface area (Å²) in [6.45, 7) is 0. The van der Waals surface area contributed by atoms with Crippen molar-refractivity contribution in [1.82, 2.24) is 19.1 Å². The number of fused-ring (bicyclic) bond motifs is 9. The van der Waals surface area contributed by atoms with Gasteiger partial charge in [-0.15, -0.1) is 11.3 Å². The molecular weight excluding hydrogens is 713 g/mol. The first kappa shape index (κ1) is 32.0. The maximum atomic E-state index is 5.61. The van der Waals surface area contributed by atoms with Gasteiger partial charge >= 0.3 is 0 Å². The minimum absolute atomic E-state index is 0.692. The van der Waals surface area contributed by atoms with E-state index in [9.17, 15) is 0 Å². The maximum absolute atomic E-state index is 5.61. The van der Waals surface area contributed by atoms with Crippen LogP contribution >= 0.6 is 11.3 Å². The lowest BCUT2D eigenvalue weighted by Crippen LogP contribution is -1.99. The number of aromatic nitrogens is 4. The van der Waals surface area contributed by atoms with Gasteiger partial charge in [-0.25, -0.2) is 9.97 Å². The number of hydrogen-bond donors (Lipinski definition) is 0. The molecule has 4 aromatic heterocycles. The van der Waals surface area contributed by atoms with Crippen LogP contribution in [-0.4, -0.2) is 19.1 Å². The smallest absolute Gasteiger partial charge is 0.162 e. The Morgan fingerprint density at radius 3 is 1.72 bits per heavy atom. The highest BCUT2D eigenvalue weighted by molar-refractivity contribution is 7.26. The molecule has 0 saturated heterocycles. The van der Waals surface area contributed by atoms with Gasteiger partial charge in [-0.2, -0.15) is 0 Å². The maximum Gasteiger partial charge on any atom is 0.162 e. The molecule has 0 bridgehead atoms. The van der Waals surface area contributed by atoms with E-state index in [0.29, 0.717) is 5.82 Å². The number of thiophene rings is 1. The Hall–Kier alpha value is -7.34. The Morgan fingerprint density at radius 2 is 0.965 bits per heavy atom. The molecular formula is C52H32N4S. The van der Waals surface area contributed by atoms with Crippen molar-refractivity contribution < 1.29 is 0 Å². The van der Waals surface area contributed by atoms with Crippen LogP contribution in [0.3, 0.4) is 0 Å². The van der Waals surface area contributed by atoms with Crippen molar-refractivity contribution in [3.05, 3.63) is 194 Å². The van der Waals surface area contributed by atoms with Gasteiger partial charge in [-0.3, -0.25) is 4.57 Å². The van der Waals surface area contributed by atoms with Crippen LogP contribution in [0.5, 0.6) is 0 Å². The fraction of sp³-hybridized carbons (Fsp3) is 0. The normalized spacial score (nSPS) is 11.9. The summed E-state index contributed by atoms with van der Waals surface area (Å²) in [6, 6.07) is 69.4. The summed E-state index contributed by atoms with van der Waals surface area (Å²) in [6.07, 6.45) is 0. The van der Waals surface area contributed by atoms with Crippen LogP contribution in [-0.2, 0) is 0 Å². The van der Waals surface area contributed by atoms with Gasteiger partial charge in [-0.1, -0.05) is 127 Å². The molecule has 0 fully saturated rings. The van der Waals surface area contributed by atoms with E-state index in [1.54, 1.807) is 0 Å². The molecule has 0 atom stereocenters. The highest BCUT2D eigenvalue weighted by Crippen LogP contribution is 2.45. The summed E-state index contributed by atoms with van der Waals surface area (Å²) in [5, 5.41) is 7.05. The van der Waals surface area contributed by atoms with E-state index in [1.807, 2.05) is 11.3 Å². The lowest BCUT2D eigenvalue weighted by Gasteiger charge is -2.11. The second-order valence-corrected chi connectivity index (χ2v) is 15.6. The first-order valence-electron chi connectivity index (χ1n) is 19.3. The number of para-hydroxylation sites is 3. The van der Waals surface area contributed by atoms with Crippen LogP contribution in [0.4, 0.5) is 0 Å². The average molecular weight is 745 g/mol. The molecule has 0 saturated carbocycles. The highest BCUT2D eigenvalue weighted by atomic mass is 32.1. The van der Waals surface area contributed by atoms with Gasteiger partial charge < -0.3 is 4.57 Å². The molecule has 0 N–H and O–H groups in total. The fourth-order valence-electron chi connectivity index (χ4n) is 8.78. The Bertz CT molecular complexity index is 3510. The summed E-state index contributed by atoms with van der Waals surface area (Å²) in [7, 11) is 0. The van der Waals surface area contributed by atoms with Gasteiger partial charge in [0, 0.05) is 58.8 Å². The minimum atomic E-state index is 0.692. The van der Waals surface area contributed by atoms with Crippen molar-refractivity contribution in [2.24, 2.45) is 0 Å². The average Bonchev–Trinajstić information content (AvgIpc) is 3.94. The highest BCUT2D eigenvalue weighted by Gasteiger charge is 2.23. The zero-order chi connectivity index (χ0) is 37.5. The van der Waals surface area contributed by atoms with Gasteiger partial charge in [0.1, 0.15) is 5.65 Å². The van der Waals surface area contributed by atoms with Crippen molar-refractivity contribution >= 4 is 75.3 Å². The van der Waals surface area contributed by atoms with Crippen molar-refractivity contribution in [3.63, 3.8) is 0 Å². The Morgan fingerprint density at radius 1 is 0.386 bits per heavy atom. The van der Waals surface area contributed by atoms with Gasteiger partial charge in [0.2, 0.25) is 0 Å². The molecule has 266 valence electrons. The van der Waals surface area contributed by atoms with Gasteiger partial charge in [-0.05, 0) is 77.9 Å². The van der Waals surface area contributed by atoms with E-state index in [0.717, 1.165) is 66.6 Å². The second-order valence-electron chi connectivity index (χ2n) is 14.6. The van der Waals surface area contributed by atoms with Crippen LogP contribution in [0, 0.1) is 0 Å². The summed E-state index contributed by atoms with van der Waals surface area (Å²) < 4.78 is 7.17. The molecule has 0 unspecified atom stereocenters. The van der Waals surface area contributed by atoms with Crippen LogP contribution in [0.1, 0.15) is 0 Å². The van der Waals surface area contributed by atoms with E-state index in [2.05, 4.69) is 203 Å². The molecule has 0 radical (unpaired) electrons. The van der Waals surface area contributed by atoms with Crippen LogP contribution in [0.2, 0.25) is 0 Å². The fourth-order valence-corrected chi connectivity index (χ4v) is 9.99. The molecule has 57 heavy (non-hydrogen) atoms. The standard InChI is InChI=1S/C52H32N4S/c1-4-15-33(16-5-1)34-27-29-45-42(31-34)43-32-35(28-30-46(43)55(45)36-17-6-2-7-18-36)51-53-49(41-24-14-23-39-38-21-11-13-26-47(38)57-50(39)41)48-40-22-10-12-25-44(40)56(52(48)54-51)37-19-8-3-9-20-37/h1-32H. The van der Waals surface area contributed by atoms with E-state index in [-0.39, 0.29) is 0 Å². The summed E-state index contributed by atoms with van der Waals surface area (Å²) >= 11 is 1.84. The molecule has 0 amide bonds. The molecule has 4 heterocycles. The van der Waals surface area contributed by atoms with Gasteiger partial charge in [0.15, 0.2) is 5.82 Å². The minimum Gasteiger partial charge on any atom is -0.309 e. The molecule has 12 aromatic rings. The molecule has 0 aliphatic rings. The van der Waals surface area contributed by atoms with Crippen molar-refractivity contribution in [2.75, 3.05) is 0 Å². The zero-order valence-electron chi connectivity index (χ0n) is 30.7. The zero-order valence-corrected chi connectivity index (χ0v) is 31.5. The number of nitrogens with zero attached hydrogens (tertiary/aromatic N) is 4. The third-order valence-electron chi connectivity index (χ3n) is 11.3. The Balaban J connectivity index is 1.18.